The summed E-state index contributed by atoms with van der Waals surface area (Å²) in [5, 5.41) is 9.10. The van der Waals surface area contributed by atoms with Crippen molar-refractivity contribution in [1.29, 1.82) is 5.26 Å². The lowest BCUT2D eigenvalue weighted by molar-refractivity contribution is 1.34. The number of nitrogens with one attached hydrogen (secondary N) is 1. The summed E-state index contributed by atoms with van der Waals surface area (Å²) in [5.74, 6) is 0. The fourth-order valence-electron chi connectivity index (χ4n) is 1.04. The Balaban J connectivity index is 2.84. The Morgan fingerprint density at radius 2 is 2.33 bits per heavy atom. The van der Waals surface area contributed by atoms with E-state index in [1.54, 1.807) is 18.5 Å². The van der Waals surface area contributed by atoms with Gasteiger partial charge in [0.05, 0.1) is 27.9 Å². The minimum absolute atomic E-state index is 0.453. The lowest BCUT2D eigenvalue weighted by Crippen LogP contribution is -1.77. The van der Waals surface area contributed by atoms with E-state index in [2.05, 4.69) is 9.97 Å². The molecule has 0 unspecified atom stereocenters. The highest BCUT2D eigenvalue weighted by molar-refractivity contribution is 6.32. The van der Waals surface area contributed by atoms with Crippen molar-refractivity contribution in [3.8, 4) is 6.07 Å². The van der Waals surface area contributed by atoms with Gasteiger partial charge in [-0.15, -0.1) is 0 Å². The normalized spacial score (nSPS) is 10.0. The van der Waals surface area contributed by atoms with Crippen LogP contribution >= 0.6 is 11.6 Å². The lowest BCUT2D eigenvalue weighted by atomic mass is 10.2. The van der Waals surface area contributed by atoms with Gasteiger partial charge in [0.2, 0.25) is 0 Å². The molecule has 12 heavy (non-hydrogen) atoms. The zero-order valence-corrected chi connectivity index (χ0v) is 6.76. The molecule has 0 amide bonds. The van der Waals surface area contributed by atoms with E-state index in [1.807, 2.05) is 6.07 Å². The fourth-order valence-corrected chi connectivity index (χ4v) is 1.25. The number of benzene rings is 1. The smallest absolute Gasteiger partial charge is 0.101 e. The minimum Gasteiger partial charge on any atom is -0.345 e. The van der Waals surface area contributed by atoms with Gasteiger partial charge in [-0.3, -0.25) is 0 Å². The van der Waals surface area contributed by atoms with Gasteiger partial charge in [0.15, 0.2) is 0 Å². The van der Waals surface area contributed by atoms with Gasteiger partial charge in [0.1, 0.15) is 6.07 Å². The predicted octanol–water partition coefficient (Wildman–Crippen LogP) is 2.09. The van der Waals surface area contributed by atoms with Crippen LogP contribution in [0.1, 0.15) is 5.56 Å². The maximum atomic E-state index is 8.64. The van der Waals surface area contributed by atoms with Crippen LogP contribution in [0.5, 0.6) is 0 Å². The minimum atomic E-state index is 0.453. The van der Waals surface area contributed by atoms with E-state index in [-0.39, 0.29) is 0 Å². The quantitative estimate of drug-likeness (QED) is 0.670. The SMILES string of the molecule is N#Cc1cc2nc[nH]c2cc1Cl. The summed E-state index contributed by atoms with van der Waals surface area (Å²) in [4.78, 5) is 6.91. The van der Waals surface area contributed by atoms with Crippen LogP contribution in [0.25, 0.3) is 11.0 Å². The first-order valence-corrected chi connectivity index (χ1v) is 3.72. The van der Waals surface area contributed by atoms with E-state index >= 15 is 0 Å². The molecular formula is C8H4ClN3. The Hall–Kier alpha value is -1.53. The van der Waals surface area contributed by atoms with Crippen molar-refractivity contribution in [2.45, 2.75) is 0 Å². The van der Waals surface area contributed by atoms with Gasteiger partial charge < -0.3 is 4.98 Å². The first kappa shape index (κ1) is 7.14. The number of nitriles is 1. The molecule has 3 nitrogen and oxygen atoms in total. The maximum absolute atomic E-state index is 8.64. The second kappa shape index (κ2) is 2.50. The fraction of sp³-hybridized carbons (Fsp3) is 0. The third kappa shape index (κ3) is 0.936. The molecule has 0 fully saturated rings. The molecule has 1 N–H and O–H groups in total. The molecule has 0 aliphatic rings. The Labute approximate surface area is 73.6 Å². The van der Waals surface area contributed by atoms with Gasteiger partial charge >= 0.3 is 0 Å². The second-order valence-corrected chi connectivity index (χ2v) is 2.77. The largest absolute Gasteiger partial charge is 0.345 e. The summed E-state index contributed by atoms with van der Waals surface area (Å²) >= 11 is 5.79. The second-order valence-electron chi connectivity index (χ2n) is 2.36. The van der Waals surface area contributed by atoms with Crippen molar-refractivity contribution in [2.24, 2.45) is 0 Å². The average Bonchev–Trinajstić information content (AvgIpc) is 2.49. The van der Waals surface area contributed by atoms with Gasteiger partial charge in [-0.2, -0.15) is 5.26 Å². The van der Waals surface area contributed by atoms with Gasteiger partial charge in [-0.05, 0) is 12.1 Å². The number of aromatic nitrogens is 2. The van der Waals surface area contributed by atoms with Crippen molar-refractivity contribution in [3.05, 3.63) is 29.0 Å². The molecular weight excluding hydrogens is 174 g/mol. The summed E-state index contributed by atoms with van der Waals surface area (Å²) in [7, 11) is 0. The zero-order chi connectivity index (χ0) is 8.55. The monoisotopic (exact) mass is 177 g/mol. The van der Waals surface area contributed by atoms with E-state index in [1.165, 1.54) is 0 Å². The van der Waals surface area contributed by atoms with Crippen LogP contribution < -0.4 is 0 Å². The van der Waals surface area contributed by atoms with E-state index < -0.39 is 0 Å². The van der Waals surface area contributed by atoms with Gasteiger partial charge in [0, 0.05) is 0 Å². The van der Waals surface area contributed by atoms with Crippen LogP contribution in [0.15, 0.2) is 18.5 Å². The molecule has 0 radical (unpaired) electrons. The number of fused-ring (bicyclic) bond motifs is 1. The number of aromatic amines is 1. The number of nitrogens with zero attached hydrogens (tertiary/aromatic N) is 2. The Kier molecular flexibility index (Phi) is 1.49. The molecule has 4 heteroatoms. The molecule has 2 rings (SSSR count). The topological polar surface area (TPSA) is 52.5 Å². The van der Waals surface area contributed by atoms with Gasteiger partial charge in [0.25, 0.3) is 0 Å². The summed E-state index contributed by atoms with van der Waals surface area (Å²) in [6.45, 7) is 0. The molecule has 0 saturated heterocycles. The summed E-state index contributed by atoms with van der Waals surface area (Å²) in [6, 6.07) is 5.35. The molecule has 0 saturated carbocycles. The molecule has 0 spiro atoms. The van der Waals surface area contributed by atoms with Crippen LogP contribution in [0.2, 0.25) is 5.02 Å². The van der Waals surface area contributed by atoms with E-state index in [0.717, 1.165) is 11.0 Å². The van der Waals surface area contributed by atoms with Gasteiger partial charge in [-0.1, -0.05) is 11.6 Å². The number of rotatable bonds is 0. The van der Waals surface area contributed by atoms with Crippen molar-refractivity contribution in [3.63, 3.8) is 0 Å². The number of H-pyrrole nitrogens is 1. The molecule has 2 aromatic rings. The van der Waals surface area contributed by atoms with Crippen LogP contribution in [0, 0.1) is 11.3 Å². The number of imidazole rings is 1. The highest BCUT2D eigenvalue weighted by atomic mass is 35.5. The highest BCUT2D eigenvalue weighted by Gasteiger charge is 2.02. The maximum Gasteiger partial charge on any atom is 0.101 e. The number of hydrogen-bond donors (Lipinski definition) is 1. The molecule has 0 bridgehead atoms. The first-order chi connectivity index (χ1) is 5.81. The molecule has 1 aromatic heterocycles. The van der Waals surface area contributed by atoms with E-state index in [4.69, 9.17) is 16.9 Å². The molecule has 1 heterocycles. The lowest BCUT2D eigenvalue weighted by Gasteiger charge is -1.92. The highest BCUT2D eigenvalue weighted by Crippen LogP contribution is 2.20. The molecule has 0 atom stereocenters. The predicted molar refractivity (Wildman–Crippen MR) is 45.8 cm³/mol. The van der Waals surface area contributed by atoms with Crippen LogP contribution in [0.4, 0.5) is 0 Å². The van der Waals surface area contributed by atoms with Crippen LogP contribution in [0.3, 0.4) is 0 Å². The third-order valence-electron chi connectivity index (χ3n) is 1.63. The van der Waals surface area contributed by atoms with Crippen molar-refractivity contribution < 1.29 is 0 Å². The summed E-state index contributed by atoms with van der Waals surface area (Å²) < 4.78 is 0. The Morgan fingerprint density at radius 3 is 3.08 bits per heavy atom. The summed E-state index contributed by atoms with van der Waals surface area (Å²) in [5.41, 5.74) is 2.06. The summed E-state index contributed by atoms with van der Waals surface area (Å²) in [6.07, 6.45) is 1.57. The number of hydrogen-bond acceptors (Lipinski definition) is 2. The van der Waals surface area contributed by atoms with Crippen molar-refractivity contribution in [1.82, 2.24) is 9.97 Å². The first-order valence-electron chi connectivity index (χ1n) is 3.34. The van der Waals surface area contributed by atoms with Crippen molar-refractivity contribution in [2.75, 3.05) is 0 Å². The average molecular weight is 178 g/mol. The van der Waals surface area contributed by atoms with Crippen LogP contribution in [-0.2, 0) is 0 Å². The molecule has 0 aliphatic heterocycles. The van der Waals surface area contributed by atoms with Crippen LogP contribution in [-0.4, -0.2) is 9.97 Å². The standard InChI is InChI=1S/C8H4ClN3/c9-6-2-8-7(11-4-12-8)1-5(6)3-10/h1-2,4H,(H,11,12). The molecule has 1 aromatic carbocycles. The number of halogens is 1. The molecule has 58 valence electrons. The Morgan fingerprint density at radius 1 is 1.50 bits per heavy atom. The van der Waals surface area contributed by atoms with Gasteiger partial charge in [-0.25, -0.2) is 4.98 Å². The van der Waals surface area contributed by atoms with E-state index in [0.29, 0.717) is 10.6 Å². The Bertz CT molecular complexity index is 467. The van der Waals surface area contributed by atoms with Crippen molar-refractivity contribution >= 4 is 22.6 Å². The zero-order valence-electron chi connectivity index (χ0n) is 6.00. The molecule has 0 aliphatic carbocycles. The third-order valence-corrected chi connectivity index (χ3v) is 1.94. The van der Waals surface area contributed by atoms with E-state index in [9.17, 15) is 0 Å².